The van der Waals surface area contributed by atoms with Crippen molar-refractivity contribution in [3.05, 3.63) is 48.3 Å². The zero-order valence-electron chi connectivity index (χ0n) is 14.7. The molecule has 8 heteroatoms. The smallest absolute Gasteiger partial charge is 0.238 e. The molecule has 0 atom stereocenters. The first kappa shape index (κ1) is 20.0. The molecule has 0 unspecified atom stereocenters. The fourth-order valence-corrected chi connectivity index (χ4v) is 2.77. The van der Waals surface area contributed by atoms with E-state index in [4.69, 9.17) is 9.88 Å². The Balaban J connectivity index is 1.86. The molecule has 0 amide bonds. The molecule has 0 saturated carbocycles. The van der Waals surface area contributed by atoms with Gasteiger partial charge in [0.25, 0.3) is 0 Å². The number of nitrogens with two attached hydrogens (primary N) is 1. The first-order chi connectivity index (χ1) is 12.4. The lowest BCUT2D eigenvalue weighted by atomic mass is 10.2. The van der Waals surface area contributed by atoms with E-state index in [0.29, 0.717) is 25.4 Å². The Morgan fingerprint density at radius 3 is 2.42 bits per heavy atom. The molecule has 2 aromatic rings. The number of halogens is 1. The van der Waals surface area contributed by atoms with Crippen molar-refractivity contribution in [2.45, 2.75) is 24.7 Å². The summed E-state index contributed by atoms with van der Waals surface area (Å²) in [5, 5.41) is 11.4. The van der Waals surface area contributed by atoms with Gasteiger partial charge in [0.2, 0.25) is 10.0 Å². The quantitative estimate of drug-likeness (QED) is 0.550. The van der Waals surface area contributed by atoms with E-state index in [9.17, 15) is 12.8 Å². The van der Waals surface area contributed by atoms with Gasteiger partial charge in [0, 0.05) is 24.8 Å². The van der Waals surface area contributed by atoms with Crippen LogP contribution in [-0.2, 0) is 10.0 Å². The molecule has 0 aliphatic heterocycles. The number of nitrogens with one attached hydrogen (secondary N) is 2. The standard InChI is InChI=1S/C18H24FN3O3S/c1-2-3-12-25-18-13-14(19)4-9-17(18)22-11-10-21-15-5-7-16(8-6-15)26(20,23)24/h4-9,13,21-22H,2-3,10-12H2,1H3,(H2,20,23,24). The van der Waals surface area contributed by atoms with Gasteiger partial charge in [0.1, 0.15) is 11.6 Å². The van der Waals surface area contributed by atoms with Gasteiger partial charge in [-0.05, 0) is 42.8 Å². The van der Waals surface area contributed by atoms with Gasteiger partial charge in [0.15, 0.2) is 0 Å². The highest BCUT2D eigenvalue weighted by atomic mass is 32.2. The molecule has 0 aromatic heterocycles. The zero-order valence-corrected chi connectivity index (χ0v) is 15.5. The third-order valence-corrected chi connectivity index (χ3v) is 4.58. The van der Waals surface area contributed by atoms with Gasteiger partial charge in [-0.25, -0.2) is 17.9 Å². The van der Waals surface area contributed by atoms with E-state index in [1.54, 1.807) is 18.2 Å². The minimum atomic E-state index is -3.68. The predicted octanol–water partition coefficient (Wildman–Crippen LogP) is 3.18. The van der Waals surface area contributed by atoms with Crippen molar-refractivity contribution in [2.24, 2.45) is 5.14 Å². The van der Waals surface area contributed by atoms with E-state index in [1.807, 2.05) is 0 Å². The minimum absolute atomic E-state index is 0.0707. The molecule has 0 heterocycles. The maximum atomic E-state index is 13.4. The summed E-state index contributed by atoms with van der Waals surface area (Å²) in [7, 11) is -3.68. The van der Waals surface area contributed by atoms with Gasteiger partial charge in [-0.2, -0.15) is 0 Å². The summed E-state index contributed by atoms with van der Waals surface area (Å²) in [5.41, 5.74) is 1.51. The second-order valence-corrected chi connectivity index (χ2v) is 7.33. The average molecular weight is 381 g/mol. The topological polar surface area (TPSA) is 93.4 Å². The van der Waals surface area contributed by atoms with E-state index in [0.717, 1.165) is 24.2 Å². The Morgan fingerprint density at radius 2 is 1.77 bits per heavy atom. The Kier molecular flexibility index (Phi) is 7.23. The van der Waals surface area contributed by atoms with Crippen LogP contribution < -0.4 is 20.5 Å². The first-order valence-electron chi connectivity index (χ1n) is 8.43. The van der Waals surface area contributed by atoms with E-state index in [2.05, 4.69) is 17.6 Å². The van der Waals surface area contributed by atoms with Crippen LogP contribution in [0.2, 0.25) is 0 Å². The molecule has 2 rings (SSSR count). The monoisotopic (exact) mass is 381 g/mol. The van der Waals surface area contributed by atoms with Gasteiger partial charge in [-0.3, -0.25) is 0 Å². The molecule has 0 fully saturated rings. The fraction of sp³-hybridized carbons (Fsp3) is 0.333. The third-order valence-electron chi connectivity index (χ3n) is 3.65. The van der Waals surface area contributed by atoms with Crippen LogP contribution in [0.4, 0.5) is 15.8 Å². The van der Waals surface area contributed by atoms with Crippen LogP contribution in [0.5, 0.6) is 5.75 Å². The molecule has 0 saturated heterocycles. The highest BCUT2D eigenvalue weighted by Crippen LogP contribution is 2.25. The highest BCUT2D eigenvalue weighted by Gasteiger charge is 2.07. The van der Waals surface area contributed by atoms with Crippen LogP contribution in [0.3, 0.4) is 0 Å². The third kappa shape index (κ3) is 6.20. The summed E-state index contributed by atoms with van der Waals surface area (Å²) in [6.07, 6.45) is 1.91. The SMILES string of the molecule is CCCCOc1cc(F)ccc1NCCNc1ccc(S(N)(=O)=O)cc1. The van der Waals surface area contributed by atoms with E-state index >= 15 is 0 Å². The van der Waals surface area contributed by atoms with Crippen molar-refractivity contribution in [1.29, 1.82) is 0 Å². The molecule has 142 valence electrons. The summed E-state index contributed by atoms with van der Waals surface area (Å²) >= 11 is 0. The Morgan fingerprint density at radius 1 is 1.08 bits per heavy atom. The molecule has 4 N–H and O–H groups in total. The zero-order chi connectivity index (χ0) is 19.0. The van der Waals surface area contributed by atoms with Crippen molar-refractivity contribution in [1.82, 2.24) is 0 Å². The van der Waals surface area contributed by atoms with Crippen LogP contribution in [-0.4, -0.2) is 28.1 Å². The lowest BCUT2D eigenvalue weighted by Crippen LogP contribution is -2.15. The van der Waals surface area contributed by atoms with E-state index in [1.165, 1.54) is 24.3 Å². The summed E-state index contributed by atoms with van der Waals surface area (Å²) in [4.78, 5) is 0.0707. The minimum Gasteiger partial charge on any atom is -0.491 e. The molecule has 26 heavy (non-hydrogen) atoms. The number of primary sulfonamides is 1. The van der Waals surface area contributed by atoms with E-state index in [-0.39, 0.29) is 10.7 Å². The normalized spacial score (nSPS) is 11.2. The maximum absolute atomic E-state index is 13.4. The van der Waals surface area contributed by atoms with Gasteiger partial charge in [-0.1, -0.05) is 13.3 Å². The lowest BCUT2D eigenvalue weighted by molar-refractivity contribution is 0.309. The molecule has 0 aliphatic carbocycles. The summed E-state index contributed by atoms with van der Waals surface area (Å²) in [6.45, 7) is 3.77. The Labute approximate surface area is 153 Å². The number of hydrogen-bond donors (Lipinski definition) is 3. The average Bonchev–Trinajstić information content (AvgIpc) is 2.60. The van der Waals surface area contributed by atoms with Gasteiger partial charge in [0.05, 0.1) is 17.2 Å². The molecule has 0 spiro atoms. The summed E-state index contributed by atoms with van der Waals surface area (Å²) in [5.74, 6) is 0.158. The molecular weight excluding hydrogens is 357 g/mol. The molecular formula is C18H24FN3O3S. The van der Waals surface area contributed by atoms with Crippen LogP contribution in [0.25, 0.3) is 0 Å². The fourth-order valence-electron chi connectivity index (χ4n) is 2.25. The van der Waals surface area contributed by atoms with Crippen molar-refractivity contribution in [2.75, 3.05) is 30.3 Å². The number of unbranched alkanes of at least 4 members (excludes halogenated alkanes) is 1. The van der Waals surface area contributed by atoms with Crippen molar-refractivity contribution in [3.63, 3.8) is 0 Å². The molecule has 6 nitrogen and oxygen atoms in total. The second-order valence-electron chi connectivity index (χ2n) is 5.77. The number of rotatable bonds is 10. The number of benzene rings is 2. The van der Waals surface area contributed by atoms with Gasteiger partial charge >= 0.3 is 0 Å². The van der Waals surface area contributed by atoms with Gasteiger partial charge < -0.3 is 15.4 Å². The summed E-state index contributed by atoms with van der Waals surface area (Å²) < 4.78 is 41.5. The second kappa shape index (κ2) is 9.40. The predicted molar refractivity (Wildman–Crippen MR) is 102 cm³/mol. The number of sulfonamides is 1. The van der Waals surface area contributed by atoms with Crippen molar-refractivity contribution in [3.8, 4) is 5.75 Å². The van der Waals surface area contributed by atoms with E-state index < -0.39 is 10.0 Å². The van der Waals surface area contributed by atoms with Crippen molar-refractivity contribution >= 4 is 21.4 Å². The summed E-state index contributed by atoms with van der Waals surface area (Å²) in [6, 6.07) is 10.6. The molecule has 0 radical (unpaired) electrons. The van der Waals surface area contributed by atoms with Crippen LogP contribution in [0.1, 0.15) is 19.8 Å². The van der Waals surface area contributed by atoms with Crippen molar-refractivity contribution < 1.29 is 17.5 Å². The molecule has 0 bridgehead atoms. The van der Waals surface area contributed by atoms with Crippen LogP contribution in [0.15, 0.2) is 47.4 Å². The van der Waals surface area contributed by atoms with Crippen LogP contribution in [0, 0.1) is 5.82 Å². The highest BCUT2D eigenvalue weighted by molar-refractivity contribution is 7.89. The van der Waals surface area contributed by atoms with Gasteiger partial charge in [-0.15, -0.1) is 0 Å². The molecule has 2 aromatic carbocycles. The number of hydrogen-bond acceptors (Lipinski definition) is 5. The number of anilines is 2. The Bertz CT molecular complexity index is 811. The molecule has 0 aliphatic rings. The lowest BCUT2D eigenvalue weighted by Gasteiger charge is -2.14. The first-order valence-corrected chi connectivity index (χ1v) is 9.97. The number of ether oxygens (including phenoxy) is 1. The maximum Gasteiger partial charge on any atom is 0.238 e. The largest absolute Gasteiger partial charge is 0.491 e. The Hall–Kier alpha value is -2.32. The van der Waals surface area contributed by atoms with Crippen LogP contribution >= 0.6 is 0 Å².